The second-order valence-electron chi connectivity index (χ2n) is 11.2. The number of anilines is 1. The third-order valence-corrected chi connectivity index (χ3v) is 9.72. The molecule has 2 aromatic rings. The van der Waals surface area contributed by atoms with E-state index in [1.165, 1.54) is 11.0 Å². The Bertz CT molecular complexity index is 1500. The number of carbonyl (C=O) groups is 5. The SMILES string of the molecule is C[C@@]12C(=O)N(c3ccccc3)C(=O)[C@@H]1C[C@@H]1C(=CC[C@@H]3C(=O)N(CCC(=O)O)C(=O)[C@@H]31)[C@@H]2c1cc(Br)ccc1O. The number of nitrogens with zero attached hydrogens (tertiary/aromatic N) is 2. The first-order valence-corrected chi connectivity index (χ1v) is 14.0. The van der Waals surface area contributed by atoms with Crippen LogP contribution in [0.5, 0.6) is 5.75 Å². The van der Waals surface area contributed by atoms with Gasteiger partial charge in [0, 0.05) is 22.5 Å². The van der Waals surface area contributed by atoms with Gasteiger partial charge in [0.05, 0.1) is 35.3 Å². The molecule has 2 N–H and O–H groups in total. The molecule has 0 spiro atoms. The number of benzene rings is 2. The Morgan fingerprint density at radius 1 is 1.02 bits per heavy atom. The van der Waals surface area contributed by atoms with Crippen LogP contribution in [-0.2, 0) is 24.0 Å². The third kappa shape index (κ3) is 3.68. The molecule has 0 unspecified atom stereocenters. The molecule has 4 aliphatic rings. The number of aromatic hydroxyl groups is 1. The molecule has 6 rings (SSSR count). The first-order valence-electron chi connectivity index (χ1n) is 13.2. The molecule has 1 saturated carbocycles. The number of phenolic OH excluding ortho intramolecular Hbond substituents is 1. The number of allylic oxidation sites excluding steroid dienone is 2. The Balaban J connectivity index is 1.50. The molecule has 0 radical (unpaired) electrons. The van der Waals surface area contributed by atoms with Crippen molar-refractivity contribution in [3.8, 4) is 5.75 Å². The third-order valence-electron chi connectivity index (χ3n) is 9.23. The maximum absolute atomic E-state index is 14.3. The summed E-state index contributed by atoms with van der Waals surface area (Å²) >= 11 is 3.47. The molecule has 0 aromatic heterocycles. The van der Waals surface area contributed by atoms with E-state index in [0.717, 1.165) is 10.5 Å². The highest BCUT2D eigenvalue weighted by molar-refractivity contribution is 9.10. The Kier molecular flexibility index (Phi) is 6.21. The molecule has 4 amide bonds. The number of imide groups is 2. The number of carboxylic acid groups (broad SMARTS) is 1. The zero-order valence-electron chi connectivity index (χ0n) is 21.6. The van der Waals surface area contributed by atoms with Gasteiger partial charge >= 0.3 is 5.97 Å². The number of fused-ring (bicyclic) bond motifs is 4. The number of likely N-dealkylation sites (tertiary alicyclic amines) is 1. The molecular formula is C30H27BrN2O7. The largest absolute Gasteiger partial charge is 0.508 e. The van der Waals surface area contributed by atoms with E-state index in [9.17, 15) is 29.1 Å². The zero-order valence-corrected chi connectivity index (χ0v) is 23.2. The van der Waals surface area contributed by atoms with Gasteiger partial charge < -0.3 is 10.2 Å². The van der Waals surface area contributed by atoms with Gasteiger partial charge in [-0.15, -0.1) is 0 Å². The quantitative estimate of drug-likeness (QED) is 0.390. The molecule has 2 aliphatic carbocycles. The van der Waals surface area contributed by atoms with Gasteiger partial charge in [-0.25, -0.2) is 4.90 Å². The topological polar surface area (TPSA) is 132 Å². The van der Waals surface area contributed by atoms with Gasteiger partial charge in [-0.1, -0.05) is 45.8 Å². The Hall–Kier alpha value is -3.79. The minimum absolute atomic E-state index is 0.0350. The van der Waals surface area contributed by atoms with Crippen LogP contribution in [-0.4, -0.2) is 51.3 Å². The molecule has 40 heavy (non-hydrogen) atoms. The summed E-state index contributed by atoms with van der Waals surface area (Å²) < 4.78 is 0.681. The first-order chi connectivity index (χ1) is 19.1. The first kappa shape index (κ1) is 26.4. The lowest BCUT2D eigenvalue weighted by molar-refractivity contribution is -0.142. The molecule has 10 heteroatoms. The fraction of sp³-hybridized carbons (Fsp3) is 0.367. The summed E-state index contributed by atoms with van der Waals surface area (Å²) in [5.41, 5.74) is 0.416. The molecule has 0 bridgehead atoms. The zero-order chi connectivity index (χ0) is 28.5. The summed E-state index contributed by atoms with van der Waals surface area (Å²) in [6.45, 7) is 1.55. The highest BCUT2D eigenvalue weighted by atomic mass is 79.9. The van der Waals surface area contributed by atoms with Gasteiger partial charge in [0.25, 0.3) is 0 Å². The Morgan fingerprint density at radius 2 is 1.75 bits per heavy atom. The number of halogens is 1. The minimum Gasteiger partial charge on any atom is -0.508 e. The average molecular weight is 607 g/mol. The second-order valence-corrected chi connectivity index (χ2v) is 12.1. The van der Waals surface area contributed by atoms with Crippen LogP contribution in [0.25, 0.3) is 0 Å². The predicted octanol–water partition coefficient (Wildman–Crippen LogP) is 3.86. The average Bonchev–Trinajstić information content (AvgIpc) is 3.29. The van der Waals surface area contributed by atoms with Gasteiger partial charge in [-0.2, -0.15) is 0 Å². The lowest BCUT2D eigenvalue weighted by atomic mass is 9.51. The maximum Gasteiger partial charge on any atom is 0.305 e. The van der Waals surface area contributed by atoms with Crippen LogP contribution in [0.15, 0.2) is 64.7 Å². The van der Waals surface area contributed by atoms with Crippen LogP contribution in [0.2, 0.25) is 0 Å². The number of para-hydroxylation sites is 1. The van der Waals surface area contributed by atoms with Crippen molar-refractivity contribution in [2.24, 2.45) is 29.1 Å². The van der Waals surface area contributed by atoms with Crippen LogP contribution in [0, 0.1) is 29.1 Å². The summed E-state index contributed by atoms with van der Waals surface area (Å²) in [7, 11) is 0. The highest BCUT2D eigenvalue weighted by Gasteiger charge is 2.67. The second kappa shape index (κ2) is 9.40. The van der Waals surface area contributed by atoms with Crippen molar-refractivity contribution in [1.29, 1.82) is 0 Å². The van der Waals surface area contributed by atoms with E-state index in [0.29, 0.717) is 15.7 Å². The summed E-state index contributed by atoms with van der Waals surface area (Å²) in [5.74, 6) is -6.22. The summed E-state index contributed by atoms with van der Waals surface area (Å²) in [5, 5.41) is 20.2. The van der Waals surface area contributed by atoms with Crippen LogP contribution in [0.3, 0.4) is 0 Å². The molecule has 2 aliphatic heterocycles. The molecular weight excluding hydrogens is 580 g/mol. The van der Waals surface area contributed by atoms with E-state index in [1.807, 2.05) is 6.08 Å². The van der Waals surface area contributed by atoms with E-state index >= 15 is 0 Å². The summed E-state index contributed by atoms with van der Waals surface area (Å²) in [6.07, 6.45) is 1.99. The van der Waals surface area contributed by atoms with Crippen LogP contribution in [0.1, 0.15) is 37.7 Å². The molecule has 6 atom stereocenters. The molecule has 206 valence electrons. The Labute approximate surface area is 238 Å². The number of hydrogen-bond acceptors (Lipinski definition) is 6. The van der Waals surface area contributed by atoms with E-state index < -0.39 is 52.8 Å². The van der Waals surface area contributed by atoms with Crippen molar-refractivity contribution < 1.29 is 34.2 Å². The van der Waals surface area contributed by atoms with Crippen molar-refractivity contribution in [3.63, 3.8) is 0 Å². The van der Waals surface area contributed by atoms with E-state index in [1.54, 1.807) is 49.4 Å². The van der Waals surface area contributed by atoms with Crippen LogP contribution >= 0.6 is 15.9 Å². The lowest BCUT2D eigenvalue weighted by Crippen LogP contribution is -2.49. The number of carboxylic acids is 1. The number of rotatable bonds is 5. The number of phenols is 1. The fourth-order valence-corrected chi connectivity index (χ4v) is 7.81. The van der Waals surface area contributed by atoms with Crippen molar-refractivity contribution in [3.05, 3.63) is 70.2 Å². The molecule has 3 fully saturated rings. The number of hydrogen-bond donors (Lipinski definition) is 2. The van der Waals surface area contributed by atoms with Gasteiger partial charge in [-0.3, -0.25) is 28.9 Å². The fourth-order valence-electron chi connectivity index (χ4n) is 7.43. The number of aliphatic carboxylic acids is 1. The smallest absolute Gasteiger partial charge is 0.305 e. The highest BCUT2D eigenvalue weighted by Crippen LogP contribution is 2.64. The van der Waals surface area contributed by atoms with Crippen LogP contribution in [0.4, 0.5) is 5.69 Å². The summed E-state index contributed by atoms with van der Waals surface area (Å²) in [4.78, 5) is 68.6. The monoisotopic (exact) mass is 606 g/mol. The van der Waals surface area contributed by atoms with Crippen LogP contribution < -0.4 is 4.90 Å². The Morgan fingerprint density at radius 3 is 2.45 bits per heavy atom. The van der Waals surface area contributed by atoms with Crippen molar-refractivity contribution in [2.45, 2.75) is 32.1 Å². The van der Waals surface area contributed by atoms with Crippen molar-refractivity contribution in [1.82, 2.24) is 4.90 Å². The van der Waals surface area contributed by atoms with Gasteiger partial charge in [0.2, 0.25) is 23.6 Å². The molecule has 2 aromatic carbocycles. The molecule has 9 nitrogen and oxygen atoms in total. The minimum atomic E-state index is -1.25. The lowest BCUT2D eigenvalue weighted by Gasteiger charge is -2.49. The normalized spacial score (nSPS) is 31.1. The molecule has 2 saturated heterocycles. The van der Waals surface area contributed by atoms with E-state index in [4.69, 9.17) is 5.11 Å². The van der Waals surface area contributed by atoms with Crippen molar-refractivity contribution >= 4 is 51.2 Å². The van der Waals surface area contributed by atoms with Gasteiger partial charge in [0.15, 0.2) is 0 Å². The van der Waals surface area contributed by atoms with Gasteiger partial charge in [0.1, 0.15) is 5.75 Å². The predicted molar refractivity (Wildman–Crippen MR) is 146 cm³/mol. The van der Waals surface area contributed by atoms with Crippen molar-refractivity contribution in [2.75, 3.05) is 11.4 Å². The summed E-state index contributed by atoms with van der Waals surface area (Å²) in [6, 6.07) is 13.6. The number of carbonyl (C=O) groups excluding carboxylic acids is 4. The molecule has 2 heterocycles. The van der Waals surface area contributed by atoms with E-state index in [-0.39, 0.29) is 43.4 Å². The standard InChI is InChI=1S/C30H27BrN2O7/c1-30-21(27(38)33(29(30)40)16-5-3-2-4-6-16)14-19-17(25(30)20-13-15(31)7-10-22(20)34)8-9-18-24(19)28(39)32(26(18)37)12-11-23(35)36/h2-8,10,13,18-19,21,24-25,34H,9,11-12,14H2,1H3,(H,35,36)/t18-,19+,21-,24-,25+,30+/m0/s1. The number of amides is 4. The van der Waals surface area contributed by atoms with E-state index in [2.05, 4.69) is 15.9 Å². The van der Waals surface area contributed by atoms with Gasteiger partial charge in [-0.05, 0) is 56.0 Å². The maximum atomic E-state index is 14.3.